The third-order valence-corrected chi connectivity index (χ3v) is 2.58. The molecule has 0 aliphatic carbocycles. The molecule has 1 amide bonds. The molecule has 0 aliphatic heterocycles. The Kier molecular flexibility index (Phi) is 3.64. The zero-order chi connectivity index (χ0) is 14.8. The number of carbonyl (C=O) groups excluding carboxylic acids is 1. The number of aromatic nitrogens is 2. The second-order valence-electron chi connectivity index (χ2n) is 4.08. The second-order valence-corrected chi connectivity index (χ2v) is 4.08. The van der Waals surface area contributed by atoms with Crippen molar-refractivity contribution in [2.75, 3.05) is 5.73 Å². The van der Waals surface area contributed by atoms with Gasteiger partial charge in [-0.15, -0.1) is 0 Å². The van der Waals surface area contributed by atoms with E-state index in [0.717, 1.165) is 12.1 Å². The molecule has 106 valence electrons. The predicted octanol–water partition coefficient (Wildman–Crippen LogP) is 1.94. The van der Waals surface area contributed by atoms with E-state index in [9.17, 15) is 18.0 Å². The van der Waals surface area contributed by atoms with Crippen molar-refractivity contribution < 1.29 is 18.0 Å². The Hall–Kier alpha value is -2.51. The monoisotopic (exact) mass is 284 g/mol. The van der Waals surface area contributed by atoms with Crippen LogP contribution < -0.4 is 11.1 Å². The van der Waals surface area contributed by atoms with Crippen LogP contribution in [0.15, 0.2) is 30.3 Å². The van der Waals surface area contributed by atoms with Gasteiger partial charge in [-0.25, -0.2) is 0 Å². The first-order chi connectivity index (χ1) is 9.36. The molecule has 0 unspecified atom stereocenters. The third-order valence-electron chi connectivity index (χ3n) is 2.58. The highest BCUT2D eigenvalue weighted by atomic mass is 19.4. The fourth-order valence-electron chi connectivity index (χ4n) is 1.54. The summed E-state index contributed by atoms with van der Waals surface area (Å²) in [5.74, 6) is -0.251. The van der Waals surface area contributed by atoms with Crippen LogP contribution in [0, 0.1) is 0 Å². The van der Waals surface area contributed by atoms with Crippen molar-refractivity contribution in [3.63, 3.8) is 0 Å². The predicted molar refractivity (Wildman–Crippen MR) is 65.6 cm³/mol. The summed E-state index contributed by atoms with van der Waals surface area (Å²) in [4.78, 5) is 11.6. The molecule has 0 spiro atoms. The number of carbonyl (C=O) groups is 1. The van der Waals surface area contributed by atoms with E-state index in [1.165, 1.54) is 18.2 Å². The van der Waals surface area contributed by atoms with E-state index in [-0.39, 0.29) is 18.1 Å². The highest BCUT2D eigenvalue weighted by Gasteiger charge is 2.29. The van der Waals surface area contributed by atoms with Gasteiger partial charge in [0.25, 0.3) is 5.91 Å². The van der Waals surface area contributed by atoms with Gasteiger partial charge in [-0.1, -0.05) is 12.1 Å². The average molecular weight is 284 g/mol. The lowest BCUT2D eigenvalue weighted by molar-refractivity contribution is -0.137. The highest BCUT2D eigenvalue weighted by Crippen LogP contribution is 2.29. The molecule has 0 bridgehead atoms. The fourth-order valence-corrected chi connectivity index (χ4v) is 1.54. The molecular weight excluding hydrogens is 273 g/mol. The number of rotatable bonds is 3. The van der Waals surface area contributed by atoms with E-state index in [2.05, 4.69) is 15.5 Å². The van der Waals surface area contributed by atoms with Crippen molar-refractivity contribution in [1.29, 1.82) is 0 Å². The Labute approximate surface area is 112 Å². The Morgan fingerprint density at radius 3 is 2.45 bits per heavy atom. The Morgan fingerprint density at radius 2 is 1.95 bits per heavy atom. The lowest BCUT2D eigenvalue weighted by atomic mass is 10.1. The number of nitrogens with zero attached hydrogens (tertiary/aromatic N) is 1. The summed E-state index contributed by atoms with van der Waals surface area (Å²) < 4.78 is 37.1. The SMILES string of the molecule is Nc1cc(C(=O)NCc2ccc(C(F)(F)F)cc2)[nH]n1. The molecule has 1 heterocycles. The fraction of sp³-hybridized carbons (Fsp3) is 0.167. The lowest BCUT2D eigenvalue weighted by Crippen LogP contribution is -2.23. The molecule has 0 radical (unpaired) electrons. The molecule has 1 aromatic heterocycles. The molecule has 5 nitrogen and oxygen atoms in total. The molecule has 0 fully saturated rings. The molecular formula is C12H11F3N4O. The summed E-state index contributed by atoms with van der Waals surface area (Å²) >= 11 is 0. The van der Waals surface area contributed by atoms with Gasteiger partial charge < -0.3 is 11.1 Å². The van der Waals surface area contributed by atoms with Gasteiger partial charge in [0.2, 0.25) is 0 Å². The number of nitrogens with one attached hydrogen (secondary N) is 2. The van der Waals surface area contributed by atoms with Crippen LogP contribution in [0.5, 0.6) is 0 Å². The molecule has 0 saturated carbocycles. The molecule has 8 heteroatoms. The quantitative estimate of drug-likeness (QED) is 0.805. The number of benzene rings is 1. The smallest absolute Gasteiger partial charge is 0.382 e. The summed E-state index contributed by atoms with van der Waals surface area (Å²) in [5, 5.41) is 8.57. The standard InChI is InChI=1S/C12H11F3N4O/c13-12(14,15)8-3-1-7(2-4-8)6-17-11(20)9-5-10(16)19-18-9/h1-5H,6H2,(H,17,20)(H3,16,18,19). The van der Waals surface area contributed by atoms with Crippen LogP contribution in [-0.4, -0.2) is 16.1 Å². The van der Waals surface area contributed by atoms with Crippen molar-refractivity contribution in [2.24, 2.45) is 0 Å². The molecule has 4 N–H and O–H groups in total. The number of nitrogen functional groups attached to an aromatic ring is 1. The van der Waals surface area contributed by atoms with Gasteiger partial charge in [0.05, 0.1) is 5.56 Å². The molecule has 0 atom stereocenters. The molecule has 0 saturated heterocycles. The van der Waals surface area contributed by atoms with Crippen LogP contribution >= 0.6 is 0 Å². The normalized spacial score (nSPS) is 11.3. The van der Waals surface area contributed by atoms with E-state index < -0.39 is 17.6 Å². The first-order valence-corrected chi connectivity index (χ1v) is 5.61. The molecule has 1 aromatic carbocycles. The van der Waals surface area contributed by atoms with Crippen LogP contribution in [0.1, 0.15) is 21.6 Å². The van der Waals surface area contributed by atoms with Crippen molar-refractivity contribution in [3.05, 3.63) is 47.2 Å². The van der Waals surface area contributed by atoms with Gasteiger partial charge in [-0.3, -0.25) is 9.89 Å². The van der Waals surface area contributed by atoms with E-state index >= 15 is 0 Å². The number of hydrogen-bond donors (Lipinski definition) is 3. The van der Waals surface area contributed by atoms with Crippen LogP contribution in [-0.2, 0) is 12.7 Å². The number of halogens is 3. The van der Waals surface area contributed by atoms with Gasteiger partial charge in [-0.05, 0) is 17.7 Å². The summed E-state index contributed by atoms with van der Waals surface area (Å²) in [5.41, 5.74) is 5.37. The summed E-state index contributed by atoms with van der Waals surface area (Å²) in [6.45, 7) is 0.107. The number of alkyl halides is 3. The van der Waals surface area contributed by atoms with Gasteiger partial charge in [-0.2, -0.15) is 18.3 Å². The molecule has 20 heavy (non-hydrogen) atoms. The van der Waals surface area contributed by atoms with Crippen LogP contribution in [0.4, 0.5) is 19.0 Å². The van der Waals surface area contributed by atoms with E-state index in [0.29, 0.717) is 5.56 Å². The zero-order valence-corrected chi connectivity index (χ0v) is 10.2. The zero-order valence-electron chi connectivity index (χ0n) is 10.2. The van der Waals surface area contributed by atoms with E-state index in [1.807, 2.05) is 0 Å². The maximum Gasteiger partial charge on any atom is 0.416 e. The minimum absolute atomic E-state index is 0.107. The Morgan fingerprint density at radius 1 is 1.30 bits per heavy atom. The number of aromatic amines is 1. The minimum atomic E-state index is -4.37. The number of H-pyrrole nitrogens is 1. The van der Waals surface area contributed by atoms with Gasteiger partial charge >= 0.3 is 6.18 Å². The van der Waals surface area contributed by atoms with Gasteiger partial charge in [0.1, 0.15) is 11.5 Å². The van der Waals surface area contributed by atoms with E-state index in [1.54, 1.807) is 0 Å². The van der Waals surface area contributed by atoms with Gasteiger partial charge in [0.15, 0.2) is 0 Å². The largest absolute Gasteiger partial charge is 0.416 e. The first kappa shape index (κ1) is 13.9. The molecule has 2 rings (SSSR count). The summed E-state index contributed by atoms with van der Waals surface area (Å²) in [6.07, 6.45) is -4.37. The van der Waals surface area contributed by atoms with Crippen molar-refractivity contribution in [3.8, 4) is 0 Å². The average Bonchev–Trinajstić information content (AvgIpc) is 2.82. The highest BCUT2D eigenvalue weighted by molar-refractivity contribution is 5.92. The molecule has 0 aliphatic rings. The topological polar surface area (TPSA) is 83.8 Å². The number of anilines is 1. The van der Waals surface area contributed by atoms with Crippen molar-refractivity contribution >= 4 is 11.7 Å². The van der Waals surface area contributed by atoms with Crippen LogP contribution in [0.3, 0.4) is 0 Å². The summed E-state index contributed by atoms with van der Waals surface area (Å²) in [6, 6.07) is 5.92. The Bertz CT molecular complexity index is 604. The molecule has 2 aromatic rings. The van der Waals surface area contributed by atoms with E-state index in [4.69, 9.17) is 5.73 Å². The number of nitrogens with two attached hydrogens (primary N) is 1. The summed E-state index contributed by atoms with van der Waals surface area (Å²) in [7, 11) is 0. The van der Waals surface area contributed by atoms with Crippen LogP contribution in [0.25, 0.3) is 0 Å². The van der Waals surface area contributed by atoms with Gasteiger partial charge in [0, 0.05) is 12.6 Å². The van der Waals surface area contributed by atoms with Crippen molar-refractivity contribution in [2.45, 2.75) is 12.7 Å². The first-order valence-electron chi connectivity index (χ1n) is 5.61. The number of hydrogen-bond acceptors (Lipinski definition) is 3. The lowest BCUT2D eigenvalue weighted by Gasteiger charge is -2.08. The second kappa shape index (κ2) is 5.24. The Balaban J connectivity index is 1.96. The third kappa shape index (κ3) is 3.28. The maximum absolute atomic E-state index is 12.4. The minimum Gasteiger partial charge on any atom is -0.382 e. The maximum atomic E-state index is 12.4. The van der Waals surface area contributed by atoms with Crippen molar-refractivity contribution in [1.82, 2.24) is 15.5 Å². The van der Waals surface area contributed by atoms with Crippen LogP contribution in [0.2, 0.25) is 0 Å². The number of amides is 1.